The van der Waals surface area contributed by atoms with Gasteiger partial charge in [0.05, 0.1) is 11.3 Å². The summed E-state index contributed by atoms with van der Waals surface area (Å²) in [5, 5.41) is 21.9. The molecule has 2 heterocycles. The van der Waals surface area contributed by atoms with Gasteiger partial charge >= 0.3 is 0 Å². The first-order chi connectivity index (χ1) is 11.7. The Labute approximate surface area is 140 Å². The number of hydrogen-bond acceptors (Lipinski definition) is 5. The maximum atomic E-state index is 12.9. The molecular formula is C17H21N5O2. The Balaban J connectivity index is 1.53. The number of amides is 1. The highest BCUT2D eigenvalue weighted by Crippen LogP contribution is 2.40. The van der Waals surface area contributed by atoms with Crippen LogP contribution in [-0.4, -0.2) is 54.8 Å². The van der Waals surface area contributed by atoms with E-state index in [1.807, 2.05) is 23.1 Å². The second-order valence-electron chi connectivity index (χ2n) is 6.85. The molecule has 0 spiro atoms. The van der Waals surface area contributed by atoms with Gasteiger partial charge in [-0.3, -0.25) is 4.79 Å². The summed E-state index contributed by atoms with van der Waals surface area (Å²) in [4.78, 5) is 14.8. The zero-order chi connectivity index (χ0) is 16.6. The van der Waals surface area contributed by atoms with Crippen molar-refractivity contribution in [2.24, 2.45) is 5.92 Å². The third kappa shape index (κ3) is 2.69. The largest absolute Gasteiger partial charge is 0.389 e. The van der Waals surface area contributed by atoms with Gasteiger partial charge in [-0.25, -0.2) is 4.68 Å². The Morgan fingerprint density at radius 2 is 2.21 bits per heavy atom. The molecule has 1 aromatic carbocycles. The molecular weight excluding hydrogens is 306 g/mol. The minimum Gasteiger partial charge on any atom is -0.389 e. The molecule has 1 aromatic heterocycles. The zero-order valence-corrected chi connectivity index (χ0v) is 13.5. The van der Waals surface area contributed by atoms with Crippen LogP contribution in [0.25, 0.3) is 5.69 Å². The standard InChI is InChI=1S/C17H21N5O2/c23-16(13-4-3-6-15(10-13)22-12-18-19-20-22)21-9-8-17(24)7-2-1-5-14(17)11-21/h3-4,6,10,12,14,24H,1-2,5,7-9,11H2/t14-,17+/m0/s1. The molecule has 7 heteroatoms. The number of piperidine rings is 1. The quantitative estimate of drug-likeness (QED) is 0.902. The molecule has 2 atom stereocenters. The summed E-state index contributed by atoms with van der Waals surface area (Å²) in [5.41, 5.74) is 0.824. The molecule has 0 bridgehead atoms. The molecule has 1 saturated heterocycles. The van der Waals surface area contributed by atoms with E-state index in [9.17, 15) is 9.90 Å². The second kappa shape index (κ2) is 5.98. The van der Waals surface area contributed by atoms with Crippen LogP contribution in [0.15, 0.2) is 30.6 Å². The van der Waals surface area contributed by atoms with Crippen molar-refractivity contribution in [2.45, 2.75) is 37.7 Å². The summed E-state index contributed by atoms with van der Waals surface area (Å²) in [5.74, 6) is 0.212. The first kappa shape index (κ1) is 15.3. The van der Waals surface area contributed by atoms with Crippen molar-refractivity contribution in [3.05, 3.63) is 36.2 Å². The number of benzene rings is 1. The number of tetrazole rings is 1. The Kier molecular flexibility index (Phi) is 3.80. The average Bonchev–Trinajstić information content (AvgIpc) is 3.15. The Morgan fingerprint density at radius 3 is 3.04 bits per heavy atom. The fourth-order valence-electron chi connectivity index (χ4n) is 4.00. The monoisotopic (exact) mass is 327 g/mol. The minimum atomic E-state index is -0.566. The van der Waals surface area contributed by atoms with Gasteiger partial charge in [-0.15, -0.1) is 5.10 Å². The fourth-order valence-corrected chi connectivity index (χ4v) is 4.00. The van der Waals surface area contributed by atoms with Crippen molar-refractivity contribution in [3.63, 3.8) is 0 Å². The van der Waals surface area contributed by atoms with Crippen LogP contribution in [0, 0.1) is 5.92 Å². The van der Waals surface area contributed by atoms with Crippen molar-refractivity contribution in [1.82, 2.24) is 25.1 Å². The predicted molar refractivity (Wildman–Crippen MR) is 86.6 cm³/mol. The van der Waals surface area contributed by atoms with Crippen LogP contribution < -0.4 is 0 Å². The smallest absolute Gasteiger partial charge is 0.253 e. The van der Waals surface area contributed by atoms with E-state index in [1.54, 1.807) is 6.07 Å². The van der Waals surface area contributed by atoms with Crippen LogP contribution >= 0.6 is 0 Å². The minimum absolute atomic E-state index is 0.0116. The molecule has 2 aromatic rings. The lowest BCUT2D eigenvalue weighted by Crippen LogP contribution is -2.54. The average molecular weight is 327 g/mol. The van der Waals surface area contributed by atoms with Gasteiger partial charge in [0.15, 0.2) is 0 Å². The number of aliphatic hydroxyl groups is 1. The van der Waals surface area contributed by atoms with E-state index in [0.29, 0.717) is 25.1 Å². The molecule has 1 amide bonds. The normalized spacial score (nSPS) is 26.9. The summed E-state index contributed by atoms with van der Waals surface area (Å²) >= 11 is 0. The van der Waals surface area contributed by atoms with Gasteiger partial charge in [0.1, 0.15) is 6.33 Å². The molecule has 4 rings (SSSR count). The summed E-state index contributed by atoms with van der Waals surface area (Å²) in [6, 6.07) is 7.33. The summed E-state index contributed by atoms with van der Waals surface area (Å²) < 4.78 is 1.53. The highest BCUT2D eigenvalue weighted by atomic mass is 16.3. The lowest BCUT2D eigenvalue weighted by Gasteiger charge is -2.47. The second-order valence-corrected chi connectivity index (χ2v) is 6.85. The van der Waals surface area contributed by atoms with Crippen LogP contribution in [-0.2, 0) is 0 Å². The summed E-state index contributed by atoms with van der Waals surface area (Å²) in [6.07, 6.45) is 6.29. The van der Waals surface area contributed by atoms with Gasteiger partial charge < -0.3 is 10.0 Å². The zero-order valence-electron chi connectivity index (χ0n) is 13.5. The number of aromatic nitrogens is 4. The Hall–Kier alpha value is -2.28. The molecule has 1 aliphatic carbocycles. The molecule has 0 unspecified atom stereocenters. The Bertz CT molecular complexity index is 732. The molecule has 24 heavy (non-hydrogen) atoms. The van der Waals surface area contributed by atoms with Crippen LogP contribution in [0.4, 0.5) is 0 Å². The first-order valence-corrected chi connectivity index (χ1v) is 8.51. The van der Waals surface area contributed by atoms with E-state index in [1.165, 1.54) is 11.0 Å². The van der Waals surface area contributed by atoms with E-state index >= 15 is 0 Å². The molecule has 1 N–H and O–H groups in total. The van der Waals surface area contributed by atoms with Crippen molar-refractivity contribution in [2.75, 3.05) is 13.1 Å². The number of carbonyl (C=O) groups excluding carboxylic acids is 1. The van der Waals surface area contributed by atoms with E-state index in [4.69, 9.17) is 0 Å². The molecule has 126 valence electrons. The van der Waals surface area contributed by atoms with Gasteiger partial charge in [0.2, 0.25) is 0 Å². The lowest BCUT2D eigenvalue weighted by atomic mass is 9.71. The number of hydrogen-bond donors (Lipinski definition) is 1. The van der Waals surface area contributed by atoms with Crippen molar-refractivity contribution in [3.8, 4) is 5.69 Å². The molecule has 0 radical (unpaired) electrons. The van der Waals surface area contributed by atoms with Gasteiger partial charge in [0, 0.05) is 24.6 Å². The topological polar surface area (TPSA) is 84.1 Å². The number of likely N-dealkylation sites (tertiary alicyclic amines) is 1. The van der Waals surface area contributed by atoms with Crippen LogP contribution in [0.5, 0.6) is 0 Å². The Morgan fingerprint density at radius 1 is 1.29 bits per heavy atom. The van der Waals surface area contributed by atoms with Crippen molar-refractivity contribution < 1.29 is 9.90 Å². The number of carbonyl (C=O) groups is 1. The van der Waals surface area contributed by atoms with E-state index in [0.717, 1.165) is 31.4 Å². The summed E-state index contributed by atoms with van der Waals surface area (Å²) in [7, 11) is 0. The van der Waals surface area contributed by atoms with E-state index < -0.39 is 5.60 Å². The molecule has 1 saturated carbocycles. The fraction of sp³-hybridized carbons (Fsp3) is 0.529. The highest BCUT2D eigenvalue weighted by Gasteiger charge is 2.43. The highest BCUT2D eigenvalue weighted by molar-refractivity contribution is 5.94. The van der Waals surface area contributed by atoms with Crippen molar-refractivity contribution >= 4 is 5.91 Å². The first-order valence-electron chi connectivity index (χ1n) is 8.51. The van der Waals surface area contributed by atoms with Gasteiger partial charge in [-0.1, -0.05) is 18.9 Å². The molecule has 1 aliphatic heterocycles. The number of rotatable bonds is 2. The van der Waals surface area contributed by atoms with E-state index in [2.05, 4.69) is 15.5 Å². The van der Waals surface area contributed by atoms with Gasteiger partial charge in [-0.05, 0) is 47.9 Å². The van der Waals surface area contributed by atoms with Crippen LogP contribution in [0.3, 0.4) is 0 Å². The summed E-state index contributed by atoms with van der Waals surface area (Å²) in [6.45, 7) is 1.26. The third-order valence-electron chi connectivity index (χ3n) is 5.42. The molecule has 7 nitrogen and oxygen atoms in total. The maximum Gasteiger partial charge on any atom is 0.253 e. The number of nitrogens with zero attached hydrogens (tertiary/aromatic N) is 5. The maximum absolute atomic E-state index is 12.9. The van der Waals surface area contributed by atoms with Crippen LogP contribution in [0.2, 0.25) is 0 Å². The predicted octanol–water partition coefficient (Wildman–Crippen LogP) is 1.43. The molecule has 2 aliphatic rings. The molecule has 2 fully saturated rings. The van der Waals surface area contributed by atoms with Crippen LogP contribution in [0.1, 0.15) is 42.5 Å². The van der Waals surface area contributed by atoms with Gasteiger partial charge in [0.25, 0.3) is 5.91 Å². The van der Waals surface area contributed by atoms with Crippen molar-refractivity contribution in [1.29, 1.82) is 0 Å². The third-order valence-corrected chi connectivity index (χ3v) is 5.42. The van der Waals surface area contributed by atoms with Gasteiger partial charge in [-0.2, -0.15) is 0 Å². The SMILES string of the molecule is O=C(c1cccc(-n2cnnn2)c1)N1CC[C@]2(O)CCCC[C@H]2C1. The number of fused-ring (bicyclic) bond motifs is 1. The lowest BCUT2D eigenvalue weighted by molar-refractivity contribution is -0.0886. The van der Waals surface area contributed by atoms with E-state index in [-0.39, 0.29) is 11.8 Å².